The van der Waals surface area contributed by atoms with Gasteiger partial charge in [-0.05, 0) is 43.4 Å². The van der Waals surface area contributed by atoms with E-state index in [9.17, 15) is 18.8 Å². The van der Waals surface area contributed by atoms with Crippen LogP contribution in [0.4, 0.5) is 9.52 Å². The minimum atomic E-state index is -0.344. The Bertz CT molecular complexity index is 1260. The zero-order chi connectivity index (χ0) is 23.7. The third kappa shape index (κ3) is 5.09. The third-order valence-electron chi connectivity index (χ3n) is 6.15. The van der Waals surface area contributed by atoms with E-state index in [0.29, 0.717) is 34.6 Å². The molecule has 11 heteroatoms. The molecule has 1 aliphatic heterocycles. The molecule has 2 amide bonds. The lowest BCUT2D eigenvalue weighted by Gasteiger charge is -2.30. The second kappa shape index (κ2) is 9.49. The zero-order valence-corrected chi connectivity index (χ0v) is 19.3. The van der Waals surface area contributed by atoms with Crippen molar-refractivity contribution < 1.29 is 14.0 Å². The maximum atomic E-state index is 13.0. The van der Waals surface area contributed by atoms with Crippen molar-refractivity contribution >= 4 is 38.6 Å². The highest BCUT2D eigenvalue weighted by Crippen LogP contribution is 2.30. The molecule has 5 rings (SSSR count). The Morgan fingerprint density at radius 1 is 1.12 bits per heavy atom. The van der Waals surface area contributed by atoms with Crippen LogP contribution in [0.3, 0.4) is 0 Å². The van der Waals surface area contributed by atoms with Crippen LogP contribution in [-0.4, -0.2) is 45.5 Å². The number of nitrogens with one attached hydrogen (secondary N) is 2. The van der Waals surface area contributed by atoms with Crippen LogP contribution in [0.25, 0.3) is 10.3 Å². The number of aromatic nitrogens is 3. The van der Waals surface area contributed by atoms with Crippen LogP contribution in [0.2, 0.25) is 0 Å². The second-order valence-electron chi connectivity index (χ2n) is 8.77. The molecule has 2 aliphatic rings. The number of fused-ring (bicyclic) bond motifs is 1. The third-order valence-corrected chi connectivity index (χ3v) is 7.24. The van der Waals surface area contributed by atoms with Gasteiger partial charge in [0.2, 0.25) is 11.8 Å². The van der Waals surface area contributed by atoms with Gasteiger partial charge in [-0.2, -0.15) is 4.98 Å². The van der Waals surface area contributed by atoms with Gasteiger partial charge in [0, 0.05) is 31.6 Å². The van der Waals surface area contributed by atoms with Crippen LogP contribution < -0.4 is 21.1 Å². The van der Waals surface area contributed by atoms with E-state index in [0.717, 1.165) is 31.2 Å². The molecular weight excluding hydrogens is 459 g/mol. The van der Waals surface area contributed by atoms with Crippen LogP contribution >= 0.6 is 11.3 Å². The van der Waals surface area contributed by atoms with Crippen molar-refractivity contribution in [2.75, 3.05) is 18.0 Å². The number of carbonyl (C=O) groups is 2. The Hall–Kier alpha value is -3.34. The molecule has 0 radical (unpaired) electrons. The van der Waals surface area contributed by atoms with E-state index in [4.69, 9.17) is 0 Å². The van der Waals surface area contributed by atoms with E-state index in [-0.39, 0.29) is 42.2 Å². The lowest BCUT2D eigenvalue weighted by atomic mass is 9.96. The van der Waals surface area contributed by atoms with Crippen LogP contribution in [0.1, 0.15) is 31.2 Å². The van der Waals surface area contributed by atoms with Gasteiger partial charge in [-0.3, -0.25) is 19.0 Å². The maximum absolute atomic E-state index is 13.0. The summed E-state index contributed by atoms with van der Waals surface area (Å²) in [5.41, 5.74) is 0.808. The van der Waals surface area contributed by atoms with Crippen molar-refractivity contribution in [2.24, 2.45) is 5.92 Å². The van der Waals surface area contributed by atoms with Gasteiger partial charge in [0.1, 0.15) is 23.4 Å². The fourth-order valence-corrected chi connectivity index (χ4v) is 5.00. The van der Waals surface area contributed by atoms with Crippen molar-refractivity contribution in [1.29, 1.82) is 0 Å². The van der Waals surface area contributed by atoms with Crippen molar-refractivity contribution in [3.05, 3.63) is 52.3 Å². The minimum absolute atomic E-state index is 0.0232. The molecule has 178 valence electrons. The highest BCUT2D eigenvalue weighted by Gasteiger charge is 2.30. The summed E-state index contributed by atoms with van der Waals surface area (Å²) in [5, 5.41) is 6.51. The first-order valence-corrected chi connectivity index (χ1v) is 12.2. The van der Waals surface area contributed by atoms with Gasteiger partial charge >= 0.3 is 0 Å². The number of piperidine rings is 1. The molecule has 1 aliphatic carbocycles. The number of benzene rings is 1. The van der Waals surface area contributed by atoms with Gasteiger partial charge in [0.05, 0.1) is 0 Å². The molecule has 0 atom stereocenters. The molecule has 3 heterocycles. The van der Waals surface area contributed by atoms with E-state index >= 15 is 0 Å². The van der Waals surface area contributed by atoms with Crippen molar-refractivity contribution in [3.63, 3.8) is 0 Å². The van der Waals surface area contributed by atoms with Gasteiger partial charge in [-0.1, -0.05) is 23.5 Å². The summed E-state index contributed by atoms with van der Waals surface area (Å²) in [4.78, 5) is 48.4. The van der Waals surface area contributed by atoms with Gasteiger partial charge in [-0.25, -0.2) is 9.37 Å². The molecule has 2 aromatic heterocycles. The van der Waals surface area contributed by atoms with Crippen molar-refractivity contribution in [1.82, 2.24) is 25.2 Å². The number of halogens is 1. The van der Waals surface area contributed by atoms with E-state index in [2.05, 4.69) is 25.5 Å². The molecule has 1 aromatic carbocycles. The first kappa shape index (κ1) is 22.5. The SMILES string of the molecule is O=C(Cn1cnc2nc(N3CCC(C(=O)NC4CC4)CC3)sc2c1=O)NCc1ccc(F)cc1. The highest BCUT2D eigenvalue weighted by molar-refractivity contribution is 7.22. The number of anilines is 1. The predicted molar refractivity (Wildman–Crippen MR) is 126 cm³/mol. The predicted octanol–water partition coefficient (Wildman–Crippen LogP) is 1.80. The van der Waals surface area contributed by atoms with E-state index < -0.39 is 0 Å². The minimum Gasteiger partial charge on any atom is -0.353 e. The molecule has 9 nitrogen and oxygen atoms in total. The average molecular weight is 485 g/mol. The largest absolute Gasteiger partial charge is 0.353 e. The Morgan fingerprint density at radius 3 is 2.56 bits per heavy atom. The zero-order valence-electron chi connectivity index (χ0n) is 18.5. The van der Waals surface area contributed by atoms with E-state index in [1.807, 2.05) is 0 Å². The summed E-state index contributed by atoms with van der Waals surface area (Å²) in [5.74, 6) is -0.513. The number of hydrogen-bond acceptors (Lipinski definition) is 7. The Kier molecular flexibility index (Phi) is 6.27. The van der Waals surface area contributed by atoms with Crippen LogP contribution in [0.5, 0.6) is 0 Å². The fourth-order valence-electron chi connectivity index (χ4n) is 3.98. The maximum Gasteiger partial charge on any atom is 0.273 e. The van der Waals surface area contributed by atoms with Crippen LogP contribution in [0.15, 0.2) is 35.4 Å². The number of amides is 2. The smallest absolute Gasteiger partial charge is 0.273 e. The molecule has 0 bridgehead atoms. The van der Waals surface area contributed by atoms with Crippen LogP contribution in [0, 0.1) is 11.7 Å². The van der Waals surface area contributed by atoms with Crippen molar-refractivity contribution in [3.8, 4) is 0 Å². The van der Waals surface area contributed by atoms with Gasteiger partial charge in [0.25, 0.3) is 5.56 Å². The Labute approximate surface area is 199 Å². The van der Waals surface area contributed by atoms with Gasteiger partial charge in [-0.15, -0.1) is 0 Å². The summed E-state index contributed by atoms with van der Waals surface area (Å²) < 4.78 is 14.7. The standard InChI is InChI=1S/C23H25FN6O3S/c24-16-3-1-14(2-4-16)11-25-18(31)12-30-13-26-20-19(22(30)33)34-23(28-20)29-9-7-15(8-10-29)21(32)27-17-5-6-17/h1-4,13,15,17H,5-12H2,(H,25,31)(H,27,32). The second-order valence-corrected chi connectivity index (χ2v) is 9.75. The molecule has 0 spiro atoms. The van der Waals surface area contributed by atoms with E-state index in [1.54, 1.807) is 12.1 Å². The normalized spacial score (nSPS) is 16.6. The lowest BCUT2D eigenvalue weighted by Crippen LogP contribution is -2.41. The first-order valence-electron chi connectivity index (χ1n) is 11.4. The van der Waals surface area contributed by atoms with Gasteiger partial charge < -0.3 is 15.5 Å². The highest BCUT2D eigenvalue weighted by atomic mass is 32.1. The number of nitrogens with zero attached hydrogens (tertiary/aromatic N) is 4. The molecule has 2 N–H and O–H groups in total. The summed E-state index contributed by atoms with van der Waals surface area (Å²) in [6, 6.07) is 6.22. The van der Waals surface area contributed by atoms with Crippen molar-refractivity contribution in [2.45, 2.75) is 44.8 Å². The lowest BCUT2D eigenvalue weighted by molar-refractivity contribution is -0.125. The topological polar surface area (TPSA) is 109 Å². The number of carbonyl (C=O) groups excluding carboxylic acids is 2. The summed E-state index contributed by atoms with van der Waals surface area (Å²) in [6.45, 7) is 1.46. The summed E-state index contributed by atoms with van der Waals surface area (Å²) in [6.07, 6.45) is 4.99. The van der Waals surface area contributed by atoms with Crippen LogP contribution in [-0.2, 0) is 22.7 Å². The monoisotopic (exact) mass is 484 g/mol. The summed E-state index contributed by atoms with van der Waals surface area (Å²) >= 11 is 1.26. The fraction of sp³-hybridized carbons (Fsp3) is 0.435. The number of hydrogen-bond donors (Lipinski definition) is 2. The Morgan fingerprint density at radius 2 is 1.85 bits per heavy atom. The average Bonchev–Trinajstić information content (AvgIpc) is 3.55. The number of rotatable bonds is 7. The molecule has 1 saturated heterocycles. The Balaban J connectivity index is 1.20. The molecule has 0 unspecified atom stereocenters. The van der Waals surface area contributed by atoms with Gasteiger partial charge in [0.15, 0.2) is 10.8 Å². The molecule has 1 saturated carbocycles. The number of thiazole rings is 1. The quantitative estimate of drug-likeness (QED) is 0.529. The van der Waals surface area contributed by atoms with E-state index in [1.165, 1.54) is 34.4 Å². The summed E-state index contributed by atoms with van der Waals surface area (Å²) in [7, 11) is 0. The molecule has 34 heavy (non-hydrogen) atoms. The molecule has 2 fully saturated rings. The first-order chi connectivity index (χ1) is 16.5. The molecule has 3 aromatic rings. The molecular formula is C23H25FN6O3S.